The van der Waals surface area contributed by atoms with E-state index >= 15 is 0 Å². The van der Waals surface area contributed by atoms with Crippen LogP contribution in [-0.4, -0.2) is 59.7 Å². The highest BCUT2D eigenvalue weighted by Crippen LogP contribution is 2.31. The first-order valence-electron chi connectivity index (χ1n) is 9.25. The summed E-state index contributed by atoms with van der Waals surface area (Å²) in [5.41, 5.74) is 0.699. The van der Waals surface area contributed by atoms with Crippen molar-refractivity contribution in [1.29, 1.82) is 0 Å². The molecule has 0 saturated heterocycles. The van der Waals surface area contributed by atoms with Gasteiger partial charge in [-0.05, 0) is 38.0 Å². The van der Waals surface area contributed by atoms with Gasteiger partial charge in [0.15, 0.2) is 6.10 Å². The number of rotatable bonds is 4. The molecule has 2 aliphatic rings. The number of hydrogen-bond acceptors (Lipinski definition) is 5. The van der Waals surface area contributed by atoms with Gasteiger partial charge in [-0.2, -0.15) is 0 Å². The molecule has 0 N–H and O–H groups in total. The molecule has 144 valence electrons. The number of nitrogens with zero attached hydrogens (tertiary/aromatic N) is 2. The molecule has 1 heterocycles. The molecule has 1 aliphatic heterocycles. The average Bonchev–Trinajstić information content (AvgIpc) is 2.91. The number of esters is 1. The highest BCUT2D eigenvalue weighted by Gasteiger charge is 2.40. The topological polar surface area (TPSA) is 84.0 Å². The molecule has 7 heteroatoms. The van der Waals surface area contributed by atoms with Crippen LogP contribution >= 0.6 is 0 Å². The van der Waals surface area contributed by atoms with Crippen LogP contribution in [0, 0.1) is 0 Å². The van der Waals surface area contributed by atoms with Gasteiger partial charge in [0.1, 0.15) is 0 Å². The van der Waals surface area contributed by atoms with Gasteiger partial charge in [-0.25, -0.2) is 4.79 Å². The summed E-state index contributed by atoms with van der Waals surface area (Å²) >= 11 is 0. The first-order chi connectivity index (χ1) is 12.8. The molecular formula is C20H24N2O5. The highest BCUT2D eigenvalue weighted by atomic mass is 16.5. The molecule has 1 unspecified atom stereocenters. The van der Waals surface area contributed by atoms with Crippen molar-refractivity contribution in [2.75, 3.05) is 14.1 Å². The zero-order valence-corrected chi connectivity index (χ0v) is 15.9. The van der Waals surface area contributed by atoms with Crippen LogP contribution in [0.5, 0.6) is 0 Å². The Morgan fingerprint density at radius 2 is 1.70 bits per heavy atom. The Hall–Kier alpha value is -2.70. The number of ether oxygens (including phenoxy) is 1. The fourth-order valence-electron chi connectivity index (χ4n) is 3.70. The molecule has 1 saturated carbocycles. The van der Waals surface area contributed by atoms with Crippen molar-refractivity contribution in [2.45, 2.75) is 51.2 Å². The Balaban J connectivity index is 1.79. The third kappa shape index (κ3) is 3.59. The number of hydrogen-bond donors (Lipinski definition) is 0. The highest BCUT2D eigenvalue weighted by molar-refractivity contribution is 6.22. The lowest BCUT2D eigenvalue weighted by Gasteiger charge is -2.29. The molecule has 7 nitrogen and oxygen atoms in total. The summed E-state index contributed by atoms with van der Waals surface area (Å²) in [4.78, 5) is 52.3. The Labute approximate surface area is 158 Å². The van der Waals surface area contributed by atoms with Gasteiger partial charge < -0.3 is 9.64 Å². The maximum absolute atomic E-state index is 12.8. The van der Waals surface area contributed by atoms with Gasteiger partial charge in [0, 0.05) is 20.1 Å². The van der Waals surface area contributed by atoms with E-state index in [1.165, 1.54) is 34.9 Å². The molecule has 0 radical (unpaired) electrons. The average molecular weight is 372 g/mol. The van der Waals surface area contributed by atoms with Crippen molar-refractivity contribution in [2.24, 2.45) is 0 Å². The van der Waals surface area contributed by atoms with Crippen molar-refractivity contribution >= 4 is 23.7 Å². The third-order valence-corrected chi connectivity index (χ3v) is 5.17. The van der Waals surface area contributed by atoms with E-state index in [9.17, 15) is 19.2 Å². The smallest absolute Gasteiger partial charge is 0.338 e. The van der Waals surface area contributed by atoms with Crippen molar-refractivity contribution in [3.05, 3.63) is 34.9 Å². The normalized spacial score (nSPS) is 18.3. The van der Waals surface area contributed by atoms with E-state index in [4.69, 9.17) is 4.74 Å². The van der Waals surface area contributed by atoms with Crippen LogP contribution < -0.4 is 0 Å². The number of benzene rings is 1. The lowest BCUT2D eigenvalue weighted by molar-refractivity contribution is -0.137. The fraction of sp³-hybridized carbons (Fsp3) is 0.500. The first kappa shape index (κ1) is 19.1. The molecule has 1 aromatic rings. The largest absolute Gasteiger partial charge is 0.449 e. The summed E-state index contributed by atoms with van der Waals surface area (Å²) in [5, 5.41) is 0. The number of fused-ring (bicyclic) bond motifs is 1. The second kappa shape index (κ2) is 7.50. The monoisotopic (exact) mass is 372 g/mol. The molecule has 1 fully saturated rings. The van der Waals surface area contributed by atoms with Gasteiger partial charge >= 0.3 is 5.97 Å². The maximum atomic E-state index is 12.8. The van der Waals surface area contributed by atoms with Gasteiger partial charge in [0.05, 0.1) is 16.7 Å². The zero-order chi connectivity index (χ0) is 19.7. The SMILES string of the molecule is CC(OC(=O)c1ccc2c(c1)C(=O)N(C1CCCCC1)C2=O)C(=O)N(C)C. The van der Waals surface area contributed by atoms with Crippen LogP contribution in [0.1, 0.15) is 70.1 Å². The summed E-state index contributed by atoms with van der Waals surface area (Å²) in [6, 6.07) is 4.28. The number of imide groups is 1. The quantitative estimate of drug-likeness (QED) is 0.598. The van der Waals surface area contributed by atoms with Gasteiger partial charge in [-0.15, -0.1) is 0 Å². The Bertz CT molecular complexity index is 796. The second-order valence-corrected chi connectivity index (χ2v) is 7.31. The summed E-state index contributed by atoms with van der Waals surface area (Å²) < 4.78 is 5.18. The molecule has 1 aliphatic carbocycles. The molecule has 3 amide bonds. The molecule has 0 bridgehead atoms. The molecular weight excluding hydrogens is 348 g/mol. The van der Waals surface area contributed by atoms with E-state index in [1.54, 1.807) is 14.1 Å². The minimum Gasteiger partial charge on any atom is -0.449 e. The zero-order valence-electron chi connectivity index (χ0n) is 15.9. The van der Waals surface area contributed by atoms with Gasteiger partial charge in [0.2, 0.25) is 0 Å². The first-order valence-corrected chi connectivity index (χ1v) is 9.25. The lowest BCUT2D eigenvalue weighted by Crippen LogP contribution is -2.40. The molecule has 3 rings (SSSR count). The van der Waals surface area contributed by atoms with Crippen molar-refractivity contribution in [3.8, 4) is 0 Å². The van der Waals surface area contributed by atoms with Crippen LogP contribution in [0.4, 0.5) is 0 Å². The predicted molar refractivity (Wildman–Crippen MR) is 97.4 cm³/mol. The number of carbonyl (C=O) groups excluding carboxylic acids is 4. The Morgan fingerprint density at radius 3 is 2.33 bits per heavy atom. The molecule has 0 aromatic heterocycles. The number of likely N-dealkylation sites (N-methyl/N-ethyl adjacent to an activating group) is 1. The fourth-order valence-corrected chi connectivity index (χ4v) is 3.70. The van der Waals surface area contributed by atoms with Crippen molar-refractivity contribution in [1.82, 2.24) is 9.80 Å². The lowest BCUT2D eigenvalue weighted by atomic mass is 9.94. The summed E-state index contributed by atoms with van der Waals surface area (Å²) in [6.45, 7) is 1.49. The summed E-state index contributed by atoms with van der Waals surface area (Å²) in [5.74, 6) is -1.68. The third-order valence-electron chi connectivity index (χ3n) is 5.17. The van der Waals surface area contributed by atoms with E-state index in [1.807, 2.05) is 0 Å². The maximum Gasteiger partial charge on any atom is 0.338 e. The summed E-state index contributed by atoms with van der Waals surface area (Å²) in [7, 11) is 3.15. The van der Waals surface area contributed by atoms with E-state index in [-0.39, 0.29) is 34.9 Å². The van der Waals surface area contributed by atoms with Gasteiger partial charge in [0.25, 0.3) is 17.7 Å². The minimum atomic E-state index is -0.933. The second-order valence-electron chi connectivity index (χ2n) is 7.31. The Morgan fingerprint density at radius 1 is 1.07 bits per heavy atom. The number of carbonyl (C=O) groups is 4. The molecule has 0 spiro atoms. The van der Waals surface area contributed by atoms with Crippen molar-refractivity contribution in [3.63, 3.8) is 0 Å². The van der Waals surface area contributed by atoms with Crippen LogP contribution in [0.3, 0.4) is 0 Å². The molecule has 27 heavy (non-hydrogen) atoms. The summed E-state index contributed by atoms with van der Waals surface area (Å²) in [6.07, 6.45) is 3.85. The molecule has 1 atom stereocenters. The standard InChI is InChI=1S/C20H24N2O5/c1-12(17(23)21(2)3)27-20(26)13-9-10-15-16(11-13)19(25)22(18(15)24)14-7-5-4-6-8-14/h9-12,14H,4-8H2,1-3H3. The minimum absolute atomic E-state index is 0.0701. The van der Waals surface area contributed by atoms with Crippen LogP contribution in [0.2, 0.25) is 0 Å². The Kier molecular flexibility index (Phi) is 5.30. The van der Waals surface area contributed by atoms with Crippen molar-refractivity contribution < 1.29 is 23.9 Å². The predicted octanol–water partition coefficient (Wildman–Crippen LogP) is 2.25. The van der Waals surface area contributed by atoms with E-state index in [0.717, 1.165) is 32.1 Å². The van der Waals surface area contributed by atoms with Crippen LogP contribution in [-0.2, 0) is 9.53 Å². The van der Waals surface area contributed by atoms with E-state index in [2.05, 4.69) is 0 Å². The van der Waals surface area contributed by atoms with Gasteiger partial charge in [-0.1, -0.05) is 19.3 Å². The van der Waals surface area contributed by atoms with E-state index in [0.29, 0.717) is 5.56 Å². The van der Waals surface area contributed by atoms with E-state index < -0.39 is 12.1 Å². The number of amides is 3. The van der Waals surface area contributed by atoms with Gasteiger partial charge in [-0.3, -0.25) is 19.3 Å². The van der Waals surface area contributed by atoms with Crippen LogP contribution in [0.15, 0.2) is 18.2 Å². The molecule has 1 aromatic carbocycles. The van der Waals surface area contributed by atoms with Crippen LogP contribution in [0.25, 0.3) is 0 Å².